The molecule has 0 radical (unpaired) electrons. The van der Waals surface area contributed by atoms with Crippen molar-refractivity contribution in [2.24, 2.45) is 5.92 Å². The zero-order valence-corrected chi connectivity index (χ0v) is 14.1. The summed E-state index contributed by atoms with van der Waals surface area (Å²) >= 11 is 1.37. The van der Waals surface area contributed by atoms with Crippen molar-refractivity contribution in [3.05, 3.63) is 0 Å². The van der Waals surface area contributed by atoms with Gasteiger partial charge in [0, 0.05) is 32.4 Å². The maximum Gasteiger partial charge on any atom is 0.410 e. The topological polar surface area (TPSA) is 49.9 Å². The third kappa shape index (κ3) is 5.23. The molecule has 0 aromatic carbocycles. The first kappa shape index (κ1) is 17.1. The zero-order chi connectivity index (χ0) is 15.5. The smallest absolute Gasteiger partial charge is 0.410 e. The fourth-order valence-corrected chi connectivity index (χ4v) is 3.04. The van der Waals surface area contributed by atoms with Gasteiger partial charge in [-0.1, -0.05) is 18.7 Å². The zero-order valence-electron chi connectivity index (χ0n) is 13.3. The maximum absolute atomic E-state index is 12.0. The quantitative estimate of drug-likeness (QED) is 0.747. The van der Waals surface area contributed by atoms with Crippen molar-refractivity contribution < 1.29 is 14.3 Å². The lowest BCUT2D eigenvalue weighted by Gasteiger charge is -2.37. The number of likely N-dealkylation sites (tertiary alicyclic amines) is 1. The highest BCUT2D eigenvalue weighted by molar-refractivity contribution is 8.14. The summed E-state index contributed by atoms with van der Waals surface area (Å²) in [5.74, 6) is 0.283. The van der Waals surface area contributed by atoms with E-state index in [0.29, 0.717) is 13.1 Å². The lowest BCUT2D eigenvalue weighted by atomic mass is 10.00. The van der Waals surface area contributed by atoms with Gasteiger partial charge >= 0.3 is 6.09 Å². The summed E-state index contributed by atoms with van der Waals surface area (Å²) in [7, 11) is 3.52. The van der Waals surface area contributed by atoms with Gasteiger partial charge in [-0.25, -0.2) is 4.79 Å². The van der Waals surface area contributed by atoms with Gasteiger partial charge in [0.25, 0.3) is 5.24 Å². The summed E-state index contributed by atoms with van der Waals surface area (Å²) in [6.07, 6.45) is 0.566. The summed E-state index contributed by atoms with van der Waals surface area (Å²) in [5.41, 5.74) is -0.465. The van der Waals surface area contributed by atoms with E-state index in [0.717, 1.165) is 6.42 Å². The highest BCUT2D eigenvalue weighted by Gasteiger charge is 2.32. The van der Waals surface area contributed by atoms with Crippen LogP contribution in [0.3, 0.4) is 0 Å². The first-order chi connectivity index (χ1) is 9.10. The molecule has 0 aromatic heterocycles. The average molecular weight is 302 g/mol. The second-order valence-electron chi connectivity index (χ2n) is 6.51. The van der Waals surface area contributed by atoms with Gasteiger partial charge in [0.05, 0.1) is 0 Å². The molecular formula is C14H26N2O3S. The predicted octanol–water partition coefficient (Wildman–Crippen LogP) is 3.05. The van der Waals surface area contributed by atoms with Crippen LogP contribution in [0.25, 0.3) is 0 Å². The van der Waals surface area contributed by atoms with Crippen LogP contribution in [-0.2, 0) is 4.74 Å². The van der Waals surface area contributed by atoms with Crippen molar-refractivity contribution in [3.8, 4) is 0 Å². The Morgan fingerprint density at radius 3 is 2.35 bits per heavy atom. The molecule has 2 unspecified atom stereocenters. The van der Waals surface area contributed by atoms with Gasteiger partial charge in [0.15, 0.2) is 0 Å². The lowest BCUT2D eigenvalue weighted by molar-refractivity contribution is 0.0180. The minimum atomic E-state index is -0.465. The van der Waals surface area contributed by atoms with Crippen LogP contribution >= 0.6 is 11.8 Å². The van der Waals surface area contributed by atoms with E-state index in [4.69, 9.17) is 4.74 Å². The minimum Gasteiger partial charge on any atom is -0.444 e. The number of nitrogens with zero attached hydrogens (tertiary/aromatic N) is 2. The molecule has 0 bridgehead atoms. The molecule has 116 valence electrons. The van der Waals surface area contributed by atoms with Gasteiger partial charge in [0.2, 0.25) is 0 Å². The van der Waals surface area contributed by atoms with Crippen molar-refractivity contribution >= 4 is 23.1 Å². The van der Waals surface area contributed by atoms with E-state index in [9.17, 15) is 9.59 Å². The molecule has 6 heteroatoms. The molecule has 1 aliphatic heterocycles. The highest BCUT2D eigenvalue weighted by Crippen LogP contribution is 2.30. The molecule has 0 aliphatic carbocycles. The van der Waals surface area contributed by atoms with Crippen LogP contribution in [0, 0.1) is 5.92 Å². The standard InChI is InChI=1S/C14H26N2O3S/c1-10-9-16(12(17)19-14(2,3)4)8-7-11(10)20-13(18)15(5)6/h10-11H,7-9H2,1-6H3. The van der Waals surface area contributed by atoms with Crippen molar-refractivity contribution in [3.63, 3.8) is 0 Å². The summed E-state index contributed by atoms with van der Waals surface area (Å²) in [5, 5.41) is 0.344. The van der Waals surface area contributed by atoms with E-state index in [2.05, 4.69) is 6.92 Å². The van der Waals surface area contributed by atoms with Crippen LogP contribution < -0.4 is 0 Å². The number of hydrogen-bond donors (Lipinski definition) is 0. The van der Waals surface area contributed by atoms with Crippen LogP contribution in [-0.4, -0.2) is 59.2 Å². The summed E-state index contributed by atoms with van der Waals surface area (Å²) in [6.45, 7) is 8.98. The monoisotopic (exact) mass is 302 g/mol. The first-order valence-corrected chi connectivity index (χ1v) is 7.84. The molecule has 1 fully saturated rings. The Hall–Kier alpha value is -0.910. The largest absolute Gasteiger partial charge is 0.444 e. The third-order valence-electron chi connectivity index (χ3n) is 3.10. The molecule has 0 saturated carbocycles. The van der Waals surface area contributed by atoms with Crippen LogP contribution in [0.2, 0.25) is 0 Å². The maximum atomic E-state index is 12.0. The van der Waals surface area contributed by atoms with Crippen LogP contribution in [0.15, 0.2) is 0 Å². The van der Waals surface area contributed by atoms with Gasteiger partial charge in [-0.15, -0.1) is 0 Å². The molecule has 2 amide bonds. The predicted molar refractivity (Wildman–Crippen MR) is 82.1 cm³/mol. The average Bonchev–Trinajstić information content (AvgIpc) is 2.29. The number of carbonyl (C=O) groups is 2. The van der Waals surface area contributed by atoms with Crippen molar-refractivity contribution in [1.29, 1.82) is 0 Å². The Kier molecular flexibility index (Phi) is 5.74. The van der Waals surface area contributed by atoms with E-state index in [1.807, 2.05) is 20.8 Å². The minimum absolute atomic E-state index is 0.0765. The number of thioether (sulfide) groups is 1. The van der Waals surface area contributed by atoms with E-state index >= 15 is 0 Å². The molecule has 5 nitrogen and oxygen atoms in total. The third-order valence-corrected chi connectivity index (χ3v) is 4.67. The van der Waals surface area contributed by atoms with Gasteiger partial charge in [-0.3, -0.25) is 4.79 Å². The fourth-order valence-electron chi connectivity index (χ4n) is 2.03. The SMILES string of the molecule is CC1CN(C(=O)OC(C)(C)C)CCC1SC(=O)N(C)C. The second kappa shape index (κ2) is 6.70. The number of amides is 2. The molecule has 20 heavy (non-hydrogen) atoms. The van der Waals surface area contributed by atoms with Gasteiger partial charge in [-0.05, 0) is 33.1 Å². The van der Waals surface area contributed by atoms with Crippen LogP contribution in [0.1, 0.15) is 34.1 Å². The van der Waals surface area contributed by atoms with Crippen molar-refractivity contribution in [2.75, 3.05) is 27.2 Å². The van der Waals surface area contributed by atoms with Crippen LogP contribution in [0.4, 0.5) is 9.59 Å². The summed E-state index contributed by atoms with van der Waals surface area (Å²) in [6, 6.07) is 0. The number of rotatable bonds is 1. The van der Waals surface area contributed by atoms with Gasteiger partial charge in [-0.2, -0.15) is 0 Å². The van der Waals surface area contributed by atoms with E-state index < -0.39 is 5.60 Å². The lowest BCUT2D eigenvalue weighted by Crippen LogP contribution is -2.46. The highest BCUT2D eigenvalue weighted by atomic mass is 32.2. The molecule has 0 N–H and O–H groups in total. The Labute approximate surface area is 126 Å². The van der Waals surface area contributed by atoms with Gasteiger partial charge < -0.3 is 14.5 Å². The molecule has 0 aromatic rings. The Morgan fingerprint density at radius 2 is 1.90 bits per heavy atom. The number of piperidine rings is 1. The van der Waals surface area contributed by atoms with Gasteiger partial charge in [0.1, 0.15) is 5.60 Å². The summed E-state index contributed by atoms with van der Waals surface area (Å²) < 4.78 is 5.39. The molecule has 1 saturated heterocycles. The first-order valence-electron chi connectivity index (χ1n) is 6.96. The van der Waals surface area contributed by atoms with Crippen molar-refractivity contribution in [2.45, 2.75) is 45.0 Å². The van der Waals surface area contributed by atoms with E-state index in [1.54, 1.807) is 23.9 Å². The number of ether oxygens (including phenoxy) is 1. The van der Waals surface area contributed by atoms with Crippen LogP contribution in [0.5, 0.6) is 0 Å². The molecule has 0 spiro atoms. The van der Waals surface area contributed by atoms with Crippen molar-refractivity contribution in [1.82, 2.24) is 9.80 Å². The molecule has 1 aliphatic rings. The number of hydrogen-bond acceptors (Lipinski definition) is 4. The molecule has 2 atom stereocenters. The van der Waals surface area contributed by atoms with E-state index in [1.165, 1.54) is 11.8 Å². The Balaban J connectivity index is 2.51. The normalized spacial score (nSPS) is 23.4. The van der Waals surface area contributed by atoms with E-state index in [-0.39, 0.29) is 22.5 Å². The molecule has 1 rings (SSSR count). The second-order valence-corrected chi connectivity index (χ2v) is 7.70. The Bertz CT molecular complexity index is 366. The Morgan fingerprint density at radius 1 is 1.30 bits per heavy atom. The summed E-state index contributed by atoms with van der Waals surface area (Å²) in [4.78, 5) is 27.1. The number of carbonyl (C=O) groups excluding carboxylic acids is 2. The molecular weight excluding hydrogens is 276 g/mol. The molecule has 1 heterocycles. The fraction of sp³-hybridized carbons (Fsp3) is 0.857.